The normalized spacial score (nSPS) is 28.8. The highest BCUT2D eigenvalue weighted by molar-refractivity contribution is 5.61. The van der Waals surface area contributed by atoms with E-state index in [4.69, 9.17) is 0 Å². The van der Waals surface area contributed by atoms with E-state index in [0.29, 0.717) is 0 Å². The summed E-state index contributed by atoms with van der Waals surface area (Å²) in [6, 6.07) is 3.53. The van der Waals surface area contributed by atoms with Crippen molar-refractivity contribution in [1.29, 1.82) is 0 Å². The zero-order chi connectivity index (χ0) is 7.73. The second-order valence-corrected chi connectivity index (χ2v) is 2.25. The maximum Gasteiger partial charge on any atom is 0.185 e. The van der Waals surface area contributed by atoms with Crippen LogP contribution in [0.15, 0.2) is 29.7 Å². The lowest BCUT2D eigenvalue weighted by molar-refractivity contribution is -0.161. The van der Waals surface area contributed by atoms with Gasteiger partial charge in [0.05, 0.1) is 12.4 Å². The zero-order valence-corrected chi connectivity index (χ0v) is 5.75. The van der Waals surface area contributed by atoms with E-state index in [9.17, 15) is 5.21 Å². The van der Waals surface area contributed by atoms with Crippen LogP contribution in [0, 0.1) is 5.21 Å². The minimum Gasteiger partial charge on any atom is -0.560 e. The minimum absolute atomic E-state index is 0.217. The Bertz CT molecular complexity index is 259. The van der Waals surface area contributed by atoms with E-state index in [2.05, 4.69) is 10.1 Å². The molecule has 1 unspecified atom stereocenters. The standard InChI is InChI=1S/C6H7N3O2/c10-9(6-3-7-11-9)8-4-1-2-5-8/h1-5H,6H2. The average molecular weight is 153 g/mol. The fraction of sp³-hybridized carbons (Fsp3) is 0.167. The zero-order valence-electron chi connectivity index (χ0n) is 5.75. The van der Waals surface area contributed by atoms with Crippen LogP contribution in [-0.4, -0.2) is 17.4 Å². The van der Waals surface area contributed by atoms with Crippen molar-refractivity contribution in [3.63, 3.8) is 0 Å². The van der Waals surface area contributed by atoms with Crippen molar-refractivity contribution in [1.82, 2.24) is 9.59 Å². The molecule has 0 aromatic carbocycles. The van der Waals surface area contributed by atoms with Crippen molar-refractivity contribution in [2.45, 2.75) is 0 Å². The Morgan fingerprint density at radius 3 is 2.73 bits per heavy atom. The fourth-order valence-electron chi connectivity index (χ4n) is 0.942. The molecule has 0 radical (unpaired) electrons. The smallest absolute Gasteiger partial charge is 0.185 e. The third kappa shape index (κ3) is 0.903. The van der Waals surface area contributed by atoms with Crippen LogP contribution >= 0.6 is 0 Å². The molecular formula is C6H7N3O2. The van der Waals surface area contributed by atoms with Gasteiger partial charge in [0, 0.05) is 0 Å². The molecule has 0 saturated heterocycles. The van der Waals surface area contributed by atoms with Crippen LogP contribution in [0.5, 0.6) is 0 Å². The molecule has 0 N–H and O–H groups in total. The maximum atomic E-state index is 11.5. The van der Waals surface area contributed by atoms with Crippen LogP contribution in [0.3, 0.4) is 0 Å². The second-order valence-electron chi connectivity index (χ2n) is 2.25. The first-order valence-corrected chi connectivity index (χ1v) is 3.25. The summed E-state index contributed by atoms with van der Waals surface area (Å²) in [4.78, 5) is 3.70. The lowest BCUT2D eigenvalue weighted by Crippen LogP contribution is -2.48. The molecular weight excluding hydrogens is 146 g/mol. The molecule has 0 bridgehead atoms. The Morgan fingerprint density at radius 1 is 1.45 bits per heavy atom. The molecule has 0 amide bonds. The number of rotatable bonds is 1. The first-order chi connectivity index (χ1) is 5.31. The molecule has 11 heavy (non-hydrogen) atoms. The molecule has 0 aliphatic carbocycles. The molecule has 0 spiro atoms. The third-order valence-electron chi connectivity index (χ3n) is 1.50. The van der Waals surface area contributed by atoms with Crippen LogP contribution in [0.2, 0.25) is 0 Å². The average Bonchev–Trinajstić information content (AvgIpc) is 2.55. The number of aromatic nitrogens is 1. The Hall–Kier alpha value is -1.33. The maximum absolute atomic E-state index is 11.5. The summed E-state index contributed by atoms with van der Waals surface area (Å²) in [6.45, 7) is 0.217. The summed E-state index contributed by atoms with van der Waals surface area (Å²) in [5, 5.41) is 14.9. The van der Waals surface area contributed by atoms with Crippen LogP contribution < -0.4 is 4.92 Å². The van der Waals surface area contributed by atoms with Gasteiger partial charge in [0.2, 0.25) is 0 Å². The molecule has 1 aromatic heterocycles. The fourth-order valence-corrected chi connectivity index (χ4v) is 0.942. The number of hydrogen-bond donors (Lipinski definition) is 0. The van der Waals surface area contributed by atoms with E-state index in [1.54, 1.807) is 24.5 Å². The van der Waals surface area contributed by atoms with Gasteiger partial charge in [-0.1, -0.05) is 0 Å². The van der Waals surface area contributed by atoms with E-state index in [-0.39, 0.29) is 6.54 Å². The van der Waals surface area contributed by atoms with Gasteiger partial charge in [-0.05, 0) is 22.2 Å². The number of hydroxylamine groups is 2. The van der Waals surface area contributed by atoms with Gasteiger partial charge in [-0.15, -0.1) is 0 Å². The van der Waals surface area contributed by atoms with Gasteiger partial charge in [-0.2, -0.15) is 9.61 Å². The Balaban J connectivity index is 2.29. The predicted molar refractivity (Wildman–Crippen MR) is 39.8 cm³/mol. The molecule has 1 aliphatic rings. The van der Waals surface area contributed by atoms with Crippen molar-refractivity contribution in [2.75, 3.05) is 6.54 Å². The van der Waals surface area contributed by atoms with Crippen molar-refractivity contribution in [3.05, 3.63) is 29.7 Å². The van der Waals surface area contributed by atoms with Crippen LogP contribution in [0.4, 0.5) is 0 Å². The van der Waals surface area contributed by atoms with Crippen molar-refractivity contribution in [3.8, 4) is 0 Å². The monoisotopic (exact) mass is 153 g/mol. The number of hydrogen-bond acceptors (Lipinski definition) is 3. The van der Waals surface area contributed by atoms with Gasteiger partial charge in [0.25, 0.3) is 0 Å². The lowest BCUT2D eigenvalue weighted by Gasteiger charge is -2.29. The van der Waals surface area contributed by atoms with Crippen LogP contribution in [0.1, 0.15) is 0 Å². The molecule has 5 nitrogen and oxygen atoms in total. The highest BCUT2D eigenvalue weighted by Crippen LogP contribution is 2.08. The molecule has 58 valence electrons. The molecule has 5 heteroatoms. The van der Waals surface area contributed by atoms with E-state index >= 15 is 0 Å². The van der Waals surface area contributed by atoms with E-state index < -0.39 is 4.92 Å². The third-order valence-corrected chi connectivity index (χ3v) is 1.50. The highest BCUT2D eigenvalue weighted by Gasteiger charge is 2.24. The van der Waals surface area contributed by atoms with Crippen molar-refractivity contribution < 1.29 is 4.94 Å². The van der Waals surface area contributed by atoms with Crippen molar-refractivity contribution in [2.24, 2.45) is 5.16 Å². The van der Waals surface area contributed by atoms with Crippen molar-refractivity contribution >= 4 is 6.21 Å². The molecule has 1 aliphatic heterocycles. The molecule has 0 saturated carbocycles. The number of nitrogens with zero attached hydrogens (tertiary/aromatic N) is 3. The Labute approximate surface area is 63.2 Å². The van der Waals surface area contributed by atoms with Gasteiger partial charge in [-0.3, -0.25) is 0 Å². The van der Waals surface area contributed by atoms with E-state index in [1.165, 1.54) is 10.9 Å². The molecule has 2 rings (SSSR count). The summed E-state index contributed by atoms with van der Waals surface area (Å²) in [5.74, 6) is 0. The second kappa shape index (κ2) is 2.08. The first-order valence-electron chi connectivity index (χ1n) is 3.25. The van der Waals surface area contributed by atoms with Gasteiger partial charge >= 0.3 is 0 Å². The highest BCUT2D eigenvalue weighted by atomic mass is 17.0. The number of quaternary nitrogens is 1. The number of oxime groups is 1. The van der Waals surface area contributed by atoms with Crippen LogP contribution in [0.25, 0.3) is 0 Å². The Morgan fingerprint density at radius 2 is 2.18 bits per heavy atom. The van der Waals surface area contributed by atoms with Gasteiger partial charge in [0.15, 0.2) is 6.54 Å². The first kappa shape index (κ1) is 6.38. The summed E-state index contributed by atoms with van der Waals surface area (Å²) in [5.41, 5.74) is 0. The largest absolute Gasteiger partial charge is 0.560 e. The molecule has 2 heterocycles. The molecule has 1 aromatic rings. The summed E-state index contributed by atoms with van der Waals surface area (Å²) >= 11 is 0. The summed E-state index contributed by atoms with van der Waals surface area (Å²) < 4.78 is 1.40. The minimum atomic E-state index is -0.896. The van der Waals surface area contributed by atoms with Gasteiger partial charge in [0.1, 0.15) is 6.21 Å². The van der Waals surface area contributed by atoms with Gasteiger partial charge in [-0.25, -0.2) is 0 Å². The van der Waals surface area contributed by atoms with E-state index in [1.807, 2.05) is 0 Å². The lowest BCUT2D eigenvalue weighted by atomic mass is 10.7. The molecule has 1 atom stereocenters. The van der Waals surface area contributed by atoms with E-state index in [0.717, 1.165) is 0 Å². The topological polar surface area (TPSA) is 49.6 Å². The van der Waals surface area contributed by atoms with Gasteiger partial charge < -0.3 is 5.21 Å². The molecule has 0 fully saturated rings. The Kier molecular flexibility index (Phi) is 1.21. The van der Waals surface area contributed by atoms with Crippen LogP contribution in [-0.2, 0) is 4.94 Å². The summed E-state index contributed by atoms with van der Waals surface area (Å²) in [6.07, 6.45) is 4.73. The summed E-state index contributed by atoms with van der Waals surface area (Å²) in [7, 11) is 0. The quantitative estimate of drug-likeness (QED) is 0.432. The predicted octanol–water partition coefficient (Wildman–Crippen LogP) is 0.356. The SMILES string of the molecule is [O-][N+]1(n2cccc2)CC=NO1.